The molecule has 0 saturated carbocycles. The van der Waals surface area contributed by atoms with E-state index in [1.807, 2.05) is 48.3 Å². The Kier molecular flexibility index (Phi) is 6.59. The normalized spacial score (nSPS) is 19.7. The molecule has 3 aromatic rings. The van der Waals surface area contributed by atoms with Gasteiger partial charge < -0.3 is 15.0 Å². The number of rotatable bonds is 8. The van der Waals surface area contributed by atoms with Crippen molar-refractivity contribution in [1.29, 1.82) is 0 Å². The molecule has 0 bridgehead atoms. The second-order valence-corrected chi connectivity index (χ2v) is 9.74. The molecule has 1 atom stereocenters. The Morgan fingerprint density at radius 3 is 2.91 bits per heavy atom. The highest BCUT2D eigenvalue weighted by Crippen LogP contribution is 2.48. The van der Waals surface area contributed by atoms with E-state index in [9.17, 15) is 4.79 Å². The molecule has 2 aromatic heterocycles. The lowest BCUT2D eigenvalue weighted by atomic mass is 9.97. The number of carbonyl (C=O) groups excluding carboxylic acids is 1. The van der Waals surface area contributed by atoms with Crippen molar-refractivity contribution >= 4 is 47.8 Å². The standard InChI is InChI=1S/C24H24ClN7O2S/c1-26-20-21(35-14-18-6-9-27-23(29-18)30-19-7-10-28-31(19)2)24(8-11-34-15-24)32(22(20)33)13-16-4-3-5-17(25)12-16/h3-7,9-10,12H,1,8,11,13-15H2,2H3,(H,27,29,30). The maximum Gasteiger partial charge on any atom is 0.274 e. The molecule has 4 heterocycles. The van der Waals surface area contributed by atoms with Gasteiger partial charge in [-0.15, -0.1) is 11.8 Å². The summed E-state index contributed by atoms with van der Waals surface area (Å²) in [4.78, 5) is 29.3. The van der Waals surface area contributed by atoms with Crippen molar-refractivity contribution in [3.05, 3.63) is 75.7 Å². The van der Waals surface area contributed by atoms with Crippen molar-refractivity contribution in [1.82, 2.24) is 24.6 Å². The van der Waals surface area contributed by atoms with Gasteiger partial charge in [-0.05, 0) is 30.5 Å². The smallest absolute Gasteiger partial charge is 0.274 e. The molecular formula is C24H24ClN7O2S. The van der Waals surface area contributed by atoms with Crippen molar-refractivity contribution < 1.29 is 9.53 Å². The number of anilines is 2. The number of thioether (sulfide) groups is 1. The van der Waals surface area contributed by atoms with Crippen LogP contribution in [0.15, 0.2) is 64.4 Å². The van der Waals surface area contributed by atoms with Crippen LogP contribution in [0.5, 0.6) is 0 Å². The Labute approximate surface area is 212 Å². The summed E-state index contributed by atoms with van der Waals surface area (Å²) in [5, 5.41) is 7.95. The zero-order valence-corrected chi connectivity index (χ0v) is 20.7. The Morgan fingerprint density at radius 2 is 2.20 bits per heavy atom. The number of nitrogens with zero attached hydrogens (tertiary/aromatic N) is 6. The van der Waals surface area contributed by atoms with Crippen LogP contribution in [-0.4, -0.2) is 56.0 Å². The van der Waals surface area contributed by atoms with Crippen LogP contribution in [0.3, 0.4) is 0 Å². The van der Waals surface area contributed by atoms with Crippen LogP contribution in [0.2, 0.25) is 5.02 Å². The number of hydrogen-bond donors (Lipinski definition) is 1. The van der Waals surface area contributed by atoms with E-state index >= 15 is 0 Å². The topological polar surface area (TPSA) is 97.5 Å². The molecule has 0 aliphatic carbocycles. The molecule has 1 saturated heterocycles. The first-order valence-corrected chi connectivity index (χ1v) is 12.4. The molecule has 1 aromatic carbocycles. The molecule has 180 valence electrons. The van der Waals surface area contributed by atoms with Crippen LogP contribution >= 0.6 is 23.4 Å². The number of aromatic nitrogens is 4. The summed E-state index contributed by atoms with van der Waals surface area (Å²) in [6, 6.07) is 11.3. The van der Waals surface area contributed by atoms with Gasteiger partial charge in [-0.3, -0.25) is 14.5 Å². The fourth-order valence-corrected chi connectivity index (χ4v) is 5.88. The lowest BCUT2D eigenvalue weighted by molar-refractivity contribution is -0.130. The second kappa shape index (κ2) is 9.80. The first-order chi connectivity index (χ1) is 17.0. The minimum Gasteiger partial charge on any atom is -0.379 e. The molecular weight excluding hydrogens is 486 g/mol. The Hall–Kier alpha value is -3.21. The quantitative estimate of drug-likeness (QED) is 0.459. The molecule has 1 amide bonds. The summed E-state index contributed by atoms with van der Waals surface area (Å²) in [7, 11) is 1.84. The van der Waals surface area contributed by atoms with Gasteiger partial charge in [0.25, 0.3) is 5.91 Å². The highest BCUT2D eigenvalue weighted by Gasteiger charge is 2.54. The molecule has 2 aliphatic heterocycles. The summed E-state index contributed by atoms with van der Waals surface area (Å²) >= 11 is 7.74. The van der Waals surface area contributed by atoms with Crippen molar-refractivity contribution in [3.63, 3.8) is 0 Å². The third-order valence-corrected chi connectivity index (χ3v) is 7.67. The summed E-state index contributed by atoms with van der Waals surface area (Å²) in [5.41, 5.74) is 1.57. The molecule has 2 aliphatic rings. The third-order valence-electron chi connectivity index (χ3n) is 6.13. The second-order valence-electron chi connectivity index (χ2n) is 8.32. The number of ether oxygens (including phenoxy) is 1. The van der Waals surface area contributed by atoms with Gasteiger partial charge in [-0.2, -0.15) is 5.10 Å². The van der Waals surface area contributed by atoms with Crippen molar-refractivity contribution in [2.75, 3.05) is 18.5 Å². The summed E-state index contributed by atoms with van der Waals surface area (Å²) in [5.74, 6) is 1.66. The average Bonchev–Trinajstić information content (AvgIpc) is 3.54. The van der Waals surface area contributed by atoms with Crippen LogP contribution in [0, 0.1) is 0 Å². The zero-order valence-electron chi connectivity index (χ0n) is 19.1. The van der Waals surface area contributed by atoms with Gasteiger partial charge in [0.1, 0.15) is 17.1 Å². The molecule has 1 unspecified atom stereocenters. The minimum absolute atomic E-state index is 0.144. The predicted octanol–water partition coefficient (Wildman–Crippen LogP) is 3.95. The fraction of sp³-hybridized carbons (Fsp3) is 0.292. The van der Waals surface area contributed by atoms with Crippen LogP contribution < -0.4 is 5.32 Å². The van der Waals surface area contributed by atoms with Crippen LogP contribution in [0.4, 0.5) is 11.8 Å². The van der Waals surface area contributed by atoms with Gasteiger partial charge in [0.2, 0.25) is 5.95 Å². The SMILES string of the molecule is C=NC1=C(SCc2ccnc(Nc3ccnn3C)n2)C2(CCOC2)N(Cc2cccc(Cl)c2)C1=O. The van der Waals surface area contributed by atoms with Crippen molar-refractivity contribution in [2.45, 2.75) is 24.3 Å². The van der Waals surface area contributed by atoms with E-state index in [-0.39, 0.29) is 5.91 Å². The van der Waals surface area contributed by atoms with Gasteiger partial charge in [0, 0.05) is 54.6 Å². The molecule has 35 heavy (non-hydrogen) atoms. The minimum atomic E-state index is -0.580. The number of halogens is 1. The molecule has 11 heteroatoms. The first-order valence-electron chi connectivity index (χ1n) is 11.1. The molecule has 1 N–H and O–H groups in total. The lowest BCUT2D eigenvalue weighted by Gasteiger charge is -2.36. The van der Waals surface area contributed by atoms with E-state index in [0.29, 0.717) is 48.6 Å². The molecule has 5 rings (SSSR count). The molecule has 1 fully saturated rings. The highest BCUT2D eigenvalue weighted by molar-refractivity contribution is 8.02. The maximum atomic E-state index is 13.5. The average molecular weight is 510 g/mol. The van der Waals surface area contributed by atoms with E-state index in [4.69, 9.17) is 16.3 Å². The van der Waals surface area contributed by atoms with E-state index in [1.54, 1.807) is 28.8 Å². The zero-order chi connectivity index (χ0) is 24.4. The van der Waals surface area contributed by atoms with E-state index in [0.717, 1.165) is 22.0 Å². The van der Waals surface area contributed by atoms with E-state index in [2.05, 4.69) is 32.1 Å². The largest absolute Gasteiger partial charge is 0.379 e. The van der Waals surface area contributed by atoms with Crippen molar-refractivity contribution in [2.24, 2.45) is 12.0 Å². The summed E-state index contributed by atoms with van der Waals surface area (Å²) in [6.07, 6.45) is 4.10. The van der Waals surface area contributed by atoms with Gasteiger partial charge in [0.05, 0.1) is 18.5 Å². The Morgan fingerprint density at radius 1 is 1.31 bits per heavy atom. The predicted molar refractivity (Wildman–Crippen MR) is 137 cm³/mol. The van der Waals surface area contributed by atoms with E-state index in [1.165, 1.54) is 0 Å². The third kappa shape index (κ3) is 4.56. The van der Waals surface area contributed by atoms with Gasteiger partial charge in [-0.1, -0.05) is 23.7 Å². The Balaban J connectivity index is 1.39. The molecule has 0 radical (unpaired) electrons. The van der Waals surface area contributed by atoms with Crippen LogP contribution in [0.1, 0.15) is 17.7 Å². The van der Waals surface area contributed by atoms with Gasteiger partial charge in [-0.25, -0.2) is 9.97 Å². The maximum absolute atomic E-state index is 13.5. The highest BCUT2D eigenvalue weighted by atomic mass is 35.5. The number of hydrogen-bond acceptors (Lipinski definition) is 8. The van der Waals surface area contributed by atoms with E-state index < -0.39 is 5.54 Å². The fourth-order valence-electron chi connectivity index (χ4n) is 4.39. The number of amides is 1. The van der Waals surface area contributed by atoms with Gasteiger partial charge >= 0.3 is 0 Å². The first kappa shape index (κ1) is 23.5. The van der Waals surface area contributed by atoms with Crippen LogP contribution in [-0.2, 0) is 28.9 Å². The molecule has 9 nitrogen and oxygen atoms in total. The van der Waals surface area contributed by atoms with Gasteiger partial charge in [0.15, 0.2) is 0 Å². The number of aliphatic imine (C=N–C) groups is 1. The summed E-state index contributed by atoms with van der Waals surface area (Å²) in [6.45, 7) is 5.10. The summed E-state index contributed by atoms with van der Waals surface area (Å²) < 4.78 is 7.52. The number of nitrogens with one attached hydrogen (secondary N) is 1. The molecule has 1 spiro atoms. The lowest BCUT2D eigenvalue weighted by Crippen LogP contribution is -2.48. The number of carbonyl (C=O) groups is 1. The van der Waals surface area contributed by atoms with Crippen molar-refractivity contribution in [3.8, 4) is 0 Å². The monoisotopic (exact) mass is 509 g/mol. The van der Waals surface area contributed by atoms with Crippen LogP contribution in [0.25, 0.3) is 0 Å². The number of aryl methyl sites for hydroxylation is 1. The number of benzene rings is 1. The Bertz CT molecular complexity index is 1300.